The summed E-state index contributed by atoms with van der Waals surface area (Å²) in [4.78, 5) is 8.92. The van der Waals surface area contributed by atoms with Crippen LogP contribution in [0.1, 0.15) is 18.1 Å². The summed E-state index contributed by atoms with van der Waals surface area (Å²) in [6.07, 6.45) is 0.936. The van der Waals surface area contributed by atoms with E-state index in [-0.39, 0.29) is 5.82 Å². The monoisotopic (exact) mass is 300 g/mol. The second kappa shape index (κ2) is 5.41. The van der Waals surface area contributed by atoms with Crippen LogP contribution >= 0.6 is 11.6 Å². The van der Waals surface area contributed by atoms with E-state index in [2.05, 4.69) is 16.9 Å². The van der Waals surface area contributed by atoms with Crippen LogP contribution in [0.15, 0.2) is 36.4 Å². The van der Waals surface area contributed by atoms with E-state index >= 15 is 0 Å². The molecule has 0 atom stereocenters. The molecule has 21 heavy (non-hydrogen) atoms. The number of benzene rings is 2. The Morgan fingerprint density at radius 3 is 2.62 bits per heavy atom. The summed E-state index contributed by atoms with van der Waals surface area (Å²) >= 11 is 6.30. The first-order chi connectivity index (χ1) is 10.1. The Morgan fingerprint density at radius 1 is 1.10 bits per heavy atom. The zero-order chi connectivity index (χ0) is 15.0. The number of hydrogen-bond acceptors (Lipinski definition) is 2. The zero-order valence-electron chi connectivity index (χ0n) is 11.8. The normalized spacial score (nSPS) is 11.0. The Bertz CT molecular complexity index is 830. The van der Waals surface area contributed by atoms with E-state index in [1.807, 2.05) is 25.1 Å². The first-order valence-corrected chi connectivity index (χ1v) is 7.19. The topological polar surface area (TPSA) is 25.8 Å². The highest BCUT2D eigenvalue weighted by Crippen LogP contribution is 2.27. The number of hydrogen-bond donors (Lipinski definition) is 0. The van der Waals surface area contributed by atoms with Gasteiger partial charge in [-0.3, -0.25) is 0 Å². The average Bonchev–Trinajstić information content (AvgIpc) is 2.47. The smallest absolute Gasteiger partial charge is 0.161 e. The van der Waals surface area contributed by atoms with Crippen LogP contribution in [-0.2, 0) is 6.42 Å². The maximum absolute atomic E-state index is 13.2. The third-order valence-corrected chi connectivity index (χ3v) is 3.84. The minimum absolute atomic E-state index is 0.268. The zero-order valence-corrected chi connectivity index (χ0v) is 12.6. The minimum atomic E-state index is -0.268. The molecular weight excluding hydrogens is 287 g/mol. The van der Waals surface area contributed by atoms with Crippen molar-refractivity contribution in [3.63, 3.8) is 0 Å². The highest BCUT2D eigenvalue weighted by atomic mass is 35.5. The third kappa shape index (κ3) is 2.61. The molecule has 3 rings (SSSR count). The van der Waals surface area contributed by atoms with Crippen molar-refractivity contribution >= 4 is 22.5 Å². The molecule has 0 aliphatic carbocycles. The van der Waals surface area contributed by atoms with Gasteiger partial charge in [-0.25, -0.2) is 14.4 Å². The summed E-state index contributed by atoms with van der Waals surface area (Å²) in [6.45, 7) is 3.92. The largest absolute Gasteiger partial charge is 0.228 e. The Morgan fingerprint density at radius 2 is 1.90 bits per heavy atom. The molecule has 1 aromatic heterocycles. The Kier molecular flexibility index (Phi) is 3.60. The molecular formula is C17H14ClFN2. The Hall–Kier alpha value is -2.00. The molecule has 0 aliphatic heterocycles. The second-order valence-corrected chi connectivity index (χ2v) is 5.36. The fourth-order valence-corrected chi connectivity index (χ4v) is 2.59. The van der Waals surface area contributed by atoms with Crippen LogP contribution in [0.25, 0.3) is 22.3 Å². The van der Waals surface area contributed by atoms with Crippen LogP contribution in [-0.4, -0.2) is 9.97 Å². The Labute approximate surface area is 127 Å². The molecule has 0 N–H and O–H groups in total. The lowest BCUT2D eigenvalue weighted by Gasteiger charge is -2.08. The molecule has 2 nitrogen and oxygen atoms in total. The van der Waals surface area contributed by atoms with Gasteiger partial charge in [-0.2, -0.15) is 0 Å². The second-order valence-electron chi connectivity index (χ2n) is 5.00. The first kappa shape index (κ1) is 14.0. The van der Waals surface area contributed by atoms with Crippen LogP contribution in [0.5, 0.6) is 0 Å². The van der Waals surface area contributed by atoms with Gasteiger partial charge in [-0.15, -0.1) is 0 Å². The highest BCUT2D eigenvalue weighted by molar-refractivity contribution is 6.34. The summed E-state index contributed by atoms with van der Waals surface area (Å²) in [5.41, 5.74) is 3.57. The lowest BCUT2D eigenvalue weighted by atomic mass is 10.1. The van der Waals surface area contributed by atoms with Crippen LogP contribution in [0.4, 0.5) is 4.39 Å². The van der Waals surface area contributed by atoms with Crippen LogP contribution < -0.4 is 0 Å². The van der Waals surface area contributed by atoms with Crippen molar-refractivity contribution in [2.45, 2.75) is 20.3 Å². The highest BCUT2D eigenvalue weighted by Gasteiger charge is 2.11. The number of aryl methyl sites for hydroxylation is 2. The van der Waals surface area contributed by atoms with Gasteiger partial charge in [0.15, 0.2) is 5.82 Å². The summed E-state index contributed by atoms with van der Waals surface area (Å²) in [5, 5.41) is 1.27. The van der Waals surface area contributed by atoms with Crippen molar-refractivity contribution in [3.05, 3.63) is 58.5 Å². The lowest BCUT2D eigenvalue weighted by Crippen LogP contribution is -1.95. The summed E-state index contributed by atoms with van der Waals surface area (Å²) in [6, 6.07) is 10.6. The molecule has 0 fully saturated rings. The van der Waals surface area contributed by atoms with Gasteiger partial charge >= 0.3 is 0 Å². The molecule has 0 bridgehead atoms. The van der Waals surface area contributed by atoms with E-state index in [4.69, 9.17) is 11.6 Å². The fourth-order valence-electron chi connectivity index (χ4n) is 2.36. The molecule has 2 aromatic carbocycles. The van der Waals surface area contributed by atoms with Gasteiger partial charge in [0.25, 0.3) is 0 Å². The summed E-state index contributed by atoms with van der Waals surface area (Å²) in [7, 11) is 0. The maximum atomic E-state index is 13.2. The van der Waals surface area contributed by atoms with Crippen molar-refractivity contribution in [2.24, 2.45) is 0 Å². The quantitative estimate of drug-likeness (QED) is 0.625. The molecule has 0 spiro atoms. The molecule has 0 aliphatic rings. The number of nitrogens with zero attached hydrogens (tertiary/aromatic N) is 2. The lowest BCUT2D eigenvalue weighted by molar-refractivity contribution is 0.627. The number of fused-ring (bicyclic) bond motifs is 1. The van der Waals surface area contributed by atoms with Crippen molar-refractivity contribution in [3.8, 4) is 11.4 Å². The van der Waals surface area contributed by atoms with E-state index in [1.54, 1.807) is 6.07 Å². The number of aromatic nitrogens is 2. The van der Waals surface area contributed by atoms with E-state index < -0.39 is 0 Å². The number of rotatable bonds is 2. The molecule has 0 saturated carbocycles. The average molecular weight is 301 g/mol. The van der Waals surface area contributed by atoms with Crippen molar-refractivity contribution < 1.29 is 4.39 Å². The standard InChI is InChI=1S/C17H14ClFN2/c1-3-11-4-7-15-14(9-11)16(18)21-17(20-15)13-6-5-12(19)8-10(13)2/h4-9H,3H2,1-2H3. The molecule has 1 heterocycles. The SMILES string of the molecule is CCc1ccc2nc(-c3ccc(F)cc3C)nc(Cl)c2c1. The van der Waals surface area contributed by atoms with Crippen LogP contribution in [0, 0.1) is 12.7 Å². The van der Waals surface area contributed by atoms with Gasteiger partial charge in [0.2, 0.25) is 0 Å². The van der Waals surface area contributed by atoms with Gasteiger partial charge in [-0.05, 0) is 54.8 Å². The van der Waals surface area contributed by atoms with Gasteiger partial charge in [0.05, 0.1) is 5.52 Å². The molecule has 106 valence electrons. The van der Waals surface area contributed by atoms with Crippen molar-refractivity contribution in [1.29, 1.82) is 0 Å². The minimum Gasteiger partial charge on any atom is -0.228 e. The van der Waals surface area contributed by atoms with Gasteiger partial charge < -0.3 is 0 Å². The van der Waals surface area contributed by atoms with E-state index in [1.165, 1.54) is 17.7 Å². The number of halogens is 2. The van der Waals surface area contributed by atoms with Gasteiger partial charge in [0, 0.05) is 10.9 Å². The first-order valence-electron chi connectivity index (χ1n) is 6.81. The molecule has 3 aromatic rings. The van der Waals surface area contributed by atoms with Crippen molar-refractivity contribution in [1.82, 2.24) is 9.97 Å². The predicted octanol–water partition coefficient (Wildman–Crippen LogP) is 4.96. The van der Waals surface area contributed by atoms with Crippen LogP contribution in [0.3, 0.4) is 0 Å². The van der Waals surface area contributed by atoms with Gasteiger partial charge in [0.1, 0.15) is 11.0 Å². The molecule has 0 radical (unpaired) electrons. The van der Waals surface area contributed by atoms with E-state index in [0.29, 0.717) is 11.0 Å². The molecule has 0 amide bonds. The molecule has 4 heteroatoms. The van der Waals surface area contributed by atoms with E-state index in [0.717, 1.165) is 28.5 Å². The molecule has 0 saturated heterocycles. The van der Waals surface area contributed by atoms with Crippen molar-refractivity contribution in [2.75, 3.05) is 0 Å². The molecule has 0 unspecified atom stereocenters. The summed E-state index contributed by atoms with van der Waals surface area (Å²) in [5.74, 6) is 0.255. The third-order valence-electron chi connectivity index (χ3n) is 3.55. The van der Waals surface area contributed by atoms with E-state index in [9.17, 15) is 4.39 Å². The fraction of sp³-hybridized carbons (Fsp3) is 0.176. The maximum Gasteiger partial charge on any atom is 0.161 e. The predicted molar refractivity (Wildman–Crippen MR) is 84.1 cm³/mol. The summed E-state index contributed by atoms with van der Waals surface area (Å²) < 4.78 is 13.2. The van der Waals surface area contributed by atoms with Gasteiger partial charge in [-0.1, -0.05) is 24.6 Å². The Balaban J connectivity index is 2.20. The van der Waals surface area contributed by atoms with Crippen LogP contribution in [0.2, 0.25) is 5.15 Å².